The monoisotopic (exact) mass is 395 g/mol. The highest BCUT2D eigenvalue weighted by molar-refractivity contribution is 6.41. The molecule has 152 valence electrons. The van der Waals surface area contributed by atoms with Gasteiger partial charge in [-0.3, -0.25) is 14.4 Å². The number of para-hydroxylation sites is 1. The van der Waals surface area contributed by atoms with Crippen LogP contribution in [0.15, 0.2) is 54.6 Å². The van der Waals surface area contributed by atoms with Crippen molar-refractivity contribution < 1.29 is 19.1 Å². The van der Waals surface area contributed by atoms with E-state index in [9.17, 15) is 14.4 Å². The van der Waals surface area contributed by atoms with Crippen molar-refractivity contribution in [2.45, 2.75) is 13.8 Å². The summed E-state index contributed by atoms with van der Waals surface area (Å²) in [5.41, 5.74) is 1.35. The highest BCUT2D eigenvalue weighted by atomic mass is 16.5. The fourth-order valence-corrected chi connectivity index (χ4v) is 3.18. The second kappa shape index (κ2) is 9.23. The van der Waals surface area contributed by atoms with E-state index in [1.165, 1.54) is 9.80 Å². The Morgan fingerprint density at radius 3 is 2.38 bits per heavy atom. The normalized spacial score (nSPS) is 15.2. The number of nitrogens with one attached hydrogen (secondary N) is 1. The topological polar surface area (TPSA) is 79.0 Å². The Labute approximate surface area is 170 Å². The van der Waals surface area contributed by atoms with Crippen molar-refractivity contribution in [3.05, 3.63) is 54.6 Å². The number of amides is 3. The van der Waals surface area contributed by atoms with Crippen LogP contribution in [0.3, 0.4) is 0 Å². The number of anilines is 2. The highest BCUT2D eigenvalue weighted by Crippen LogP contribution is 2.19. The molecular formula is C22H25N3O4. The van der Waals surface area contributed by atoms with Crippen molar-refractivity contribution >= 4 is 29.1 Å². The maximum Gasteiger partial charge on any atom is 0.316 e. The van der Waals surface area contributed by atoms with Gasteiger partial charge in [-0.25, -0.2) is 0 Å². The lowest BCUT2D eigenvalue weighted by atomic mass is 10.1. The lowest BCUT2D eigenvalue weighted by Crippen LogP contribution is -2.55. The second-order valence-electron chi connectivity index (χ2n) is 6.89. The van der Waals surface area contributed by atoms with Crippen LogP contribution in [0.4, 0.5) is 11.4 Å². The Morgan fingerprint density at radius 1 is 1.03 bits per heavy atom. The first kappa shape index (κ1) is 20.4. The van der Waals surface area contributed by atoms with Crippen LogP contribution in [0.5, 0.6) is 5.75 Å². The Bertz CT molecular complexity index is 867. The van der Waals surface area contributed by atoms with Crippen molar-refractivity contribution in [2.75, 3.05) is 36.5 Å². The number of benzene rings is 2. The average molecular weight is 395 g/mol. The average Bonchev–Trinajstić information content (AvgIpc) is 2.73. The Hall–Kier alpha value is -3.35. The third-order valence-electron chi connectivity index (χ3n) is 4.75. The van der Waals surface area contributed by atoms with Crippen LogP contribution in [-0.4, -0.2) is 48.9 Å². The molecular weight excluding hydrogens is 370 g/mol. The van der Waals surface area contributed by atoms with Gasteiger partial charge in [-0.15, -0.1) is 0 Å². The minimum absolute atomic E-state index is 0.191. The van der Waals surface area contributed by atoms with E-state index < -0.39 is 17.7 Å². The Morgan fingerprint density at radius 2 is 1.72 bits per heavy atom. The number of rotatable bonds is 7. The van der Waals surface area contributed by atoms with Gasteiger partial charge in [0.15, 0.2) is 0 Å². The first-order chi connectivity index (χ1) is 14.0. The highest BCUT2D eigenvalue weighted by Gasteiger charge is 2.34. The SMILES string of the molecule is CCOc1ccc(NC(=O)[C@H](C)CN2CCN(c3ccccc3)C(=O)C2=O)cc1. The van der Waals surface area contributed by atoms with Crippen LogP contribution in [0, 0.1) is 5.92 Å². The zero-order valence-electron chi connectivity index (χ0n) is 16.6. The zero-order valence-corrected chi connectivity index (χ0v) is 16.6. The number of hydrogen-bond donors (Lipinski definition) is 1. The predicted octanol–water partition coefficient (Wildman–Crippen LogP) is 2.54. The summed E-state index contributed by atoms with van der Waals surface area (Å²) >= 11 is 0. The predicted molar refractivity (Wildman–Crippen MR) is 111 cm³/mol. The lowest BCUT2D eigenvalue weighted by Gasteiger charge is -2.34. The van der Waals surface area contributed by atoms with Crippen LogP contribution in [0.25, 0.3) is 0 Å². The first-order valence-electron chi connectivity index (χ1n) is 9.69. The third-order valence-corrected chi connectivity index (χ3v) is 4.75. The largest absolute Gasteiger partial charge is 0.494 e. The molecule has 1 atom stereocenters. The van der Waals surface area contributed by atoms with Gasteiger partial charge in [-0.05, 0) is 43.3 Å². The molecule has 0 aromatic heterocycles. The lowest BCUT2D eigenvalue weighted by molar-refractivity contribution is -0.147. The van der Waals surface area contributed by atoms with Gasteiger partial charge < -0.3 is 19.9 Å². The molecule has 1 heterocycles. The maximum atomic E-state index is 12.5. The summed E-state index contributed by atoms with van der Waals surface area (Å²) in [6, 6.07) is 16.2. The molecule has 29 heavy (non-hydrogen) atoms. The van der Waals surface area contributed by atoms with E-state index in [-0.39, 0.29) is 12.5 Å². The van der Waals surface area contributed by atoms with Crippen molar-refractivity contribution in [1.29, 1.82) is 0 Å². The van der Waals surface area contributed by atoms with E-state index in [2.05, 4.69) is 5.32 Å². The van der Waals surface area contributed by atoms with Crippen LogP contribution in [0.1, 0.15) is 13.8 Å². The van der Waals surface area contributed by atoms with E-state index in [1.807, 2.05) is 25.1 Å². The first-order valence-corrected chi connectivity index (χ1v) is 9.69. The van der Waals surface area contributed by atoms with Crippen molar-refractivity contribution in [3.8, 4) is 5.75 Å². The van der Waals surface area contributed by atoms with Gasteiger partial charge in [0, 0.05) is 31.0 Å². The molecule has 1 saturated heterocycles. The molecule has 1 N–H and O–H groups in total. The van der Waals surface area contributed by atoms with Crippen LogP contribution < -0.4 is 15.0 Å². The van der Waals surface area contributed by atoms with Crippen molar-refractivity contribution in [1.82, 2.24) is 4.90 Å². The summed E-state index contributed by atoms with van der Waals surface area (Å²) in [6.45, 7) is 5.21. The summed E-state index contributed by atoms with van der Waals surface area (Å²) in [4.78, 5) is 40.4. The van der Waals surface area contributed by atoms with E-state index in [0.29, 0.717) is 31.1 Å². The maximum absolute atomic E-state index is 12.5. The second-order valence-corrected chi connectivity index (χ2v) is 6.89. The number of carbonyl (C=O) groups excluding carboxylic acids is 3. The van der Waals surface area contributed by atoms with Crippen LogP contribution >= 0.6 is 0 Å². The number of carbonyl (C=O) groups is 3. The van der Waals surface area contributed by atoms with Crippen LogP contribution in [-0.2, 0) is 14.4 Å². The molecule has 2 aromatic carbocycles. The van der Waals surface area contributed by atoms with Gasteiger partial charge >= 0.3 is 11.8 Å². The third kappa shape index (κ3) is 4.93. The van der Waals surface area contributed by atoms with Gasteiger partial charge in [0.25, 0.3) is 0 Å². The molecule has 3 amide bonds. The van der Waals surface area contributed by atoms with Gasteiger partial charge in [-0.1, -0.05) is 25.1 Å². The Kier molecular flexibility index (Phi) is 6.49. The fraction of sp³-hybridized carbons (Fsp3) is 0.318. The molecule has 1 aliphatic rings. The van der Waals surface area contributed by atoms with Crippen LogP contribution in [0.2, 0.25) is 0 Å². The van der Waals surface area contributed by atoms with Gasteiger partial charge in [0.1, 0.15) is 5.75 Å². The summed E-state index contributed by atoms with van der Waals surface area (Å²) < 4.78 is 5.38. The minimum atomic E-state index is -0.583. The van der Waals surface area contributed by atoms with Crippen molar-refractivity contribution in [2.24, 2.45) is 5.92 Å². The van der Waals surface area contributed by atoms with E-state index in [0.717, 1.165) is 5.75 Å². The molecule has 0 spiro atoms. The van der Waals surface area contributed by atoms with Gasteiger partial charge in [0.05, 0.1) is 12.5 Å². The molecule has 0 saturated carbocycles. The van der Waals surface area contributed by atoms with Gasteiger partial charge in [0.2, 0.25) is 5.91 Å². The fourth-order valence-electron chi connectivity index (χ4n) is 3.18. The molecule has 7 nitrogen and oxygen atoms in total. The van der Waals surface area contributed by atoms with E-state index in [4.69, 9.17) is 4.74 Å². The zero-order chi connectivity index (χ0) is 20.8. The summed E-state index contributed by atoms with van der Waals surface area (Å²) in [5, 5.41) is 2.83. The quantitative estimate of drug-likeness (QED) is 0.731. The summed E-state index contributed by atoms with van der Waals surface area (Å²) in [6.07, 6.45) is 0. The minimum Gasteiger partial charge on any atom is -0.494 e. The molecule has 0 bridgehead atoms. The standard InChI is InChI=1S/C22H25N3O4/c1-3-29-19-11-9-17(10-12-19)23-20(26)16(2)15-24-13-14-25(22(28)21(24)27)18-7-5-4-6-8-18/h4-12,16H,3,13-15H2,1-2H3,(H,23,26)/t16-/m1/s1. The van der Waals surface area contributed by atoms with E-state index >= 15 is 0 Å². The molecule has 1 aliphatic heterocycles. The number of nitrogens with zero attached hydrogens (tertiary/aromatic N) is 2. The molecule has 0 unspecified atom stereocenters. The summed E-state index contributed by atoms with van der Waals surface area (Å²) in [7, 11) is 0. The Balaban J connectivity index is 1.56. The number of ether oxygens (including phenoxy) is 1. The molecule has 0 radical (unpaired) electrons. The van der Waals surface area contributed by atoms with E-state index in [1.54, 1.807) is 43.3 Å². The summed E-state index contributed by atoms with van der Waals surface area (Å²) in [5.74, 6) is -1.08. The van der Waals surface area contributed by atoms with Crippen molar-refractivity contribution in [3.63, 3.8) is 0 Å². The number of hydrogen-bond acceptors (Lipinski definition) is 4. The van der Waals surface area contributed by atoms with Gasteiger partial charge in [-0.2, -0.15) is 0 Å². The molecule has 1 fully saturated rings. The number of piperazine rings is 1. The molecule has 0 aliphatic carbocycles. The molecule has 2 aromatic rings. The molecule has 7 heteroatoms. The smallest absolute Gasteiger partial charge is 0.316 e. The molecule has 3 rings (SSSR count).